The topological polar surface area (TPSA) is 25.8 Å². The highest BCUT2D eigenvalue weighted by Gasteiger charge is 1.99. The second-order valence-electron chi connectivity index (χ2n) is 2.98. The summed E-state index contributed by atoms with van der Waals surface area (Å²) in [6.45, 7) is 4.14. The van der Waals surface area contributed by atoms with Crippen molar-refractivity contribution in [1.29, 1.82) is 0 Å². The molecular weight excluding hydrogens is 148 g/mol. The molecule has 0 unspecified atom stereocenters. The molecule has 1 aromatic heterocycles. The normalized spacial score (nSPS) is 10.5. The summed E-state index contributed by atoms with van der Waals surface area (Å²) in [6.07, 6.45) is 3.46. The lowest BCUT2D eigenvalue weighted by molar-refractivity contribution is 1.20. The van der Waals surface area contributed by atoms with E-state index in [0.29, 0.717) is 0 Å². The summed E-state index contributed by atoms with van der Waals surface area (Å²) in [5.74, 6) is 0. The number of hydrogen-bond donors (Lipinski definition) is 0. The number of benzene rings is 1. The molecule has 2 rings (SSSR count). The summed E-state index contributed by atoms with van der Waals surface area (Å²) in [7, 11) is 0. The Bertz CT molecular complexity index is 381. The summed E-state index contributed by atoms with van der Waals surface area (Å²) in [5.41, 5.74) is 3.50. The number of rotatable bonds is 0. The van der Waals surface area contributed by atoms with Gasteiger partial charge in [0.25, 0.3) is 0 Å². The van der Waals surface area contributed by atoms with Crippen molar-refractivity contribution < 1.29 is 0 Å². The van der Waals surface area contributed by atoms with E-state index in [1.165, 1.54) is 11.1 Å². The average molecular weight is 158 g/mol. The van der Waals surface area contributed by atoms with Gasteiger partial charge in [-0.05, 0) is 25.0 Å². The van der Waals surface area contributed by atoms with Crippen LogP contribution in [0.15, 0.2) is 24.7 Å². The Morgan fingerprint density at radius 2 is 1.83 bits per heavy atom. The summed E-state index contributed by atoms with van der Waals surface area (Å²) in [5, 5.41) is 1.15. The highest BCUT2D eigenvalue weighted by atomic mass is 14.8. The van der Waals surface area contributed by atoms with E-state index in [4.69, 9.17) is 0 Å². The SMILES string of the molecule is Cc1ccc(C)c2ncncc12. The second-order valence-corrected chi connectivity index (χ2v) is 2.98. The van der Waals surface area contributed by atoms with Crippen LogP contribution in [-0.2, 0) is 0 Å². The van der Waals surface area contributed by atoms with Gasteiger partial charge in [-0.15, -0.1) is 0 Å². The zero-order chi connectivity index (χ0) is 8.55. The number of hydrogen-bond acceptors (Lipinski definition) is 2. The van der Waals surface area contributed by atoms with Gasteiger partial charge in [0.2, 0.25) is 0 Å². The predicted molar refractivity (Wildman–Crippen MR) is 49.0 cm³/mol. The Labute approximate surface area is 71.3 Å². The quantitative estimate of drug-likeness (QED) is 0.587. The van der Waals surface area contributed by atoms with Crippen LogP contribution < -0.4 is 0 Å². The third-order valence-corrected chi connectivity index (χ3v) is 2.09. The number of aryl methyl sites for hydroxylation is 2. The number of nitrogens with zero attached hydrogens (tertiary/aromatic N) is 2. The molecule has 2 heteroatoms. The number of fused-ring (bicyclic) bond motifs is 1. The van der Waals surface area contributed by atoms with Crippen molar-refractivity contribution in [3.8, 4) is 0 Å². The van der Waals surface area contributed by atoms with Crippen LogP contribution in [0.2, 0.25) is 0 Å². The van der Waals surface area contributed by atoms with E-state index in [9.17, 15) is 0 Å². The van der Waals surface area contributed by atoms with Crippen molar-refractivity contribution >= 4 is 10.9 Å². The molecule has 2 aromatic rings. The maximum Gasteiger partial charge on any atom is 0.116 e. The van der Waals surface area contributed by atoms with Crippen molar-refractivity contribution in [2.75, 3.05) is 0 Å². The standard InChI is InChI=1S/C10H10N2/c1-7-3-4-8(2)10-9(7)5-11-6-12-10/h3-6H,1-2H3. The molecule has 60 valence electrons. The van der Waals surface area contributed by atoms with Gasteiger partial charge in [0.15, 0.2) is 0 Å². The highest BCUT2D eigenvalue weighted by molar-refractivity contribution is 5.83. The van der Waals surface area contributed by atoms with Crippen LogP contribution in [0.4, 0.5) is 0 Å². The van der Waals surface area contributed by atoms with Crippen LogP contribution >= 0.6 is 0 Å². The zero-order valence-electron chi connectivity index (χ0n) is 7.20. The molecule has 0 saturated carbocycles. The largest absolute Gasteiger partial charge is 0.244 e. The van der Waals surface area contributed by atoms with Gasteiger partial charge in [0.1, 0.15) is 6.33 Å². The van der Waals surface area contributed by atoms with E-state index >= 15 is 0 Å². The summed E-state index contributed by atoms with van der Waals surface area (Å²) < 4.78 is 0. The first-order valence-electron chi connectivity index (χ1n) is 3.95. The molecule has 0 aliphatic heterocycles. The van der Waals surface area contributed by atoms with E-state index in [2.05, 4.69) is 35.9 Å². The van der Waals surface area contributed by atoms with Gasteiger partial charge >= 0.3 is 0 Å². The van der Waals surface area contributed by atoms with Gasteiger partial charge in [-0.25, -0.2) is 9.97 Å². The monoisotopic (exact) mass is 158 g/mol. The summed E-state index contributed by atoms with van der Waals surface area (Å²) in [6, 6.07) is 4.19. The summed E-state index contributed by atoms with van der Waals surface area (Å²) >= 11 is 0. The highest BCUT2D eigenvalue weighted by Crippen LogP contribution is 2.17. The molecule has 0 N–H and O–H groups in total. The van der Waals surface area contributed by atoms with E-state index < -0.39 is 0 Å². The fraction of sp³-hybridized carbons (Fsp3) is 0.200. The van der Waals surface area contributed by atoms with Crippen molar-refractivity contribution in [2.45, 2.75) is 13.8 Å². The van der Waals surface area contributed by atoms with Crippen molar-refractivity contribution in [1.82, 2.24) is 9.97 Å². The Morgan fingerprint density at radius 3 is 2.58 bits per heavy atom. The van der Waals surface area contributed by atoms with Gasteiger partial charge in [-0.2, -0.15) is 0 Å². The van der Waals surface area contributed by atoms with Crippen LogP contribution in [0.5, 0.6) is 0 Å². The minimum atomic E-state index is 1.06. The number of aromatic nitrogens is 2. The van der Waals surface area contributed by atoms with Gasteiger partial charge in [0.05, 0.1) is 5.52 Å². The summed E-state index contributed by atoms with van der Waals surface area (Å²) in [4.78, 5) is 8.23. The zero-order valence-corrected chi connectivity index (χ0v) is 7.20. The van der Waals surface area contributed by atoms with Crippen LogP contribution in [-0.4, -0.2) is 9.97 Å². The molecule has 0 spiro atoms. The fourth-order valence-corrected chi connectivity index (χ4v) is 1.35. The molecule has 0 saturated heterocycles. The first-order valence-corrected chi connectivity index (χ1v) is 3.95. The maximum atomic E-state index is 4.23. The van der Waals surface area contributed by atoms with Gasteiger partial charge < -0.3 is 0 Å². The van der Waals surface area contributed by atoms with Gasteiger partial charge in [-0.3, -0.25) is 0 Å². The van der Waals surface area contributed by atoms with Gasteiger partial charge in [-0.1, -0.05) is 12.1 Å². The van der Waals surface area contributed by atoms with Crippen LogP contribution in [0.25, 0.3) is 10.9 Å². The van der Waals surface area contributed by atoms with E-state index in [-0.39, 0.29) is 0 Å². The molecule has 1 aromatic carbocycles. The lowest BCUT2D eigenvalue weighted by atomic mass is 10.1. The smallest absolute Gasteiger partial charge is 0.116 e. The first kappa shape index (κ1) is 7.22. The molecule has 1 heterocycles. The first-order chi connectivity index (χ1) is 5.79. The molecule has 0 bridgehead atoms. The minimum Gasteiger partial charge on any atom is -0.244 e. The molecule has 0 aliphatic rings. The van der Waals surface area contributed by atoms with Crippen molar-refractivity contribution in [2.24, 2.45) is 0 Å². The van der Waals surface area contributed by atoms with Crippen LogP contribution in [0.3, 0.4) is 0 Å². The molecule has 0 radical (unpaired) electrons. The molecule has 0 amide bonds. The average Bonchev–Trinajstić information content (AvgIpc) is 2.12. The Hall–Kier alpha value is -1.44. The predicted octanol–water partition coefficient (Wildman–Crippen LogP) is 2.25. The minimum absolute atomic E-state index is 1.06. The third kappa shape index (κ3) is 0.961. The molecule has 2 nitrogen and oxygen atoms in total. The molecule has 0 aliphatic carbocycles. The van der Waals surface area contributed by atoms with Crippen molar-refractivity contribution in [3.05, 3.63) is 35.8 Å². The van der Waals surface area contributed by atoms with Crippen LogP contribution in [0.1, 0.15) is 11.1 Å². The van der Waals surface area contributed by atoms with E-state index in [1.807, 2.05) is 6.20 Å². The third-order valence-electron chi connectivity index (χ3n) is 2.09. The van der Waals surface area contributed by atoms with E-state index in [1.54, 1.807) is 6.33 Å². The van der Waals surface area contributed by atoms with E-state index in [0.717, 1.165) is 10.9 Å². The van der Waals surface area contributed by atoms with Gasteiger partial charge in [0, 0.05) is 11.6 Å². The lowest BCUT2D eigenvalue weighted by Gasteiger charge is -2.02. The maximum absolute atomic E-state index is 4.23. The Morgan fingerprint density at radius 1 is 1.08 bits per heavy atom. The fourth-order valence-electron chi connectivity index (χ4n) is 1.35. The molecular formula is C10H10N2. The van der Waals surface area contributed by atoms with Crippen molar-refractivity contribution in [3.63, 3.8) is 0 Å². The molecule has 0 atom stereocenters. The lowest BCUT2D eigenvalue weighted by Crippen LogP contribution is -1.86. The Kier molecular flexibility index (Phi) is 1.54. The Balaban J connectivity index is 2.95. The molecule has 12 heavy (non-hydrogen) atoms. The molecule has 0 fully saturated rings. The second kappa shape index (κ2) is 2.55. The van der Waals surface area contributed by atoms with Crippen LogP contribution in [0, 0.1) is 13.8 Å².